The lowest BCUT2D eigenvalue weighted by atomic mass is 10.1. The number of hydrogen-bond donors (Lipinski definition) is 1. The zero-order valence-corrected chi connectivity index (χ0v) is 4.81. The predicted molar refractivity (Wildman–Crippen MR) is 35.6 cm³/mol. The van der Waals surface area contributed by atoms with Crippen molar-refractivity contribution in [2.75, 3.05) is 0 Å². The topological polar surface area (TPSA) is 26.0 Å². The monoisotopic (exact) mass is 95.1 g/mol. The molecule has 1 nitrogen and oxygen atoms in total. The lowest BCUT2D eigenvalue weighted by Gasteiger charge is -1.81. The molecule has 2 heteroatoms. The van der Waals surface area contributed by atoms with Crippen molar-refractivity contribution in [3.63, 3.8) is 0 Å². The van der Waals surface area contributed by atoms with Crippen molar-refractivity contribution in [2.24, 2.45) is 5.73 Å². The van der Waals surface area contributed by atoms with Crippen molar-refractivity contribution in [2.45, 2.75) is 6.92 Å². The van der Waals surface area contributed by atoms with Crippen LogP contribution < -0.4 is 5.73 Å². The zero-order chi connectivity index (χ0) is 5.70. The molecular weight excluding hydrogens is 84.9 g/mol. The summed E-state index contributed by atoms with van der Waals surface area (Å²) < 4.78 is 0. The first-order valence-corrected chi connectivity index (χ1v) is 2.32. The third-order valence-electron chi connectivity index (χ3n) is 0.814. The zero-order valence-electron chi connectivity index (χ0n) is 4.81. The van der Waals surface area contributed by atoms with E-state index in [0.29, 0.717) is 0 Å². The van der Waals surface area contributed by atoms with Crippen LogP contribution in [0.1, 0.15) is 6.92 Å². The average Bonchev–Trinajstić information content (AvgIpc) is 1.68. The molecular formula is C5H10BN. The molecule has 0 amide bonds. The molecule has 0 saturated carbocycles. The number of allylic oxidation sites excluding steroid dienone is 2. The van der Waals surface area contributed by atoms with Crippen LogP contribution in [-0.2, 0) is 0 Å². The van der Waals surface area contributed by atoms with E-state index in [2.05, 4.69) is 0 Å². The first-order valence-electron chi connectivity index (χ1n) is 2.32. The molecule has 0 radical (unpaired) electrons. The van der Waals surface area contributed by atoms with Crippen molar-refractivity contribution in [1.29, 1.82) is 0 Å². The van der Waals surface area contributed by atoms with Gasteiger partial charge in [0, 0.05) is 0 Å². The highest BCUT2D eigenvalue weighted by Gasteiger charge is 1.70. The Labute approximate surface area is 45.3 Å². The summed E-state index contributed by atoms with van der Waals surface area (Å²) in [6, 6.07) is 0. The molecule has 0 rings (SSSR count). The van der Waals surface area contributed by atoms with Crippen LogP contribution in [0.3, 0.4) is 0 Å². The van der Waals surface area contributed by atoms with Crippen molar-refractivity contribution in [1.82, 2.24) is 0 Å². The van der Waals surface area contributed by atoms with Gasteiger partial charge in [-0.15, -0.1) is 5.98 Å². The standard InChI is InChI=1S/C5H10BN/c1-5(4-6)2-3-7/h2-4H,6-7H2,1H3/b3-2-,5-4-. The summed E-state index contributed by atoms with van der Waals surface area (Å²) in [5, 5.41) is 0. The van der Waals surface area contributed by atoms with Crippen molar-refractivity contribution < 1.29 is 0 Å². The van der Waals surface area contributed by atoms with Gasteiger partial charge < -0.3 is 5.73 Å². The largest absolute Gasteiger partial charge is 0.405 e. The predicted octanol–water partition coefficient (Wildman–Crippen LogP) is -0.00430. The Morgan fingerprint density at radius 1 is 1.71 bits per heavy atom. The first kappa shape index (κ1) is 6.34. The Morgan fingerprint density at radius 3 is 2.43 bits per heavy atom. The second-order valence-electron chi connectivity index (χ2n) is 1.39. The van der Waals surface area contributed by atoms with E-state index < -0.39 is 0 Å². The molecule has 0 spiro atoms. The Hall–Kier alpha value is -0.655. The molecule has 38 valence electrons. The molecule has 7 heavy (non-hydrogen) atoms. The fourth-order valence-corrected chi connectivity index (χ4v) is 0.248. The molecule has 0 aliphatic carbocycles. The third kappa shape index (κ3) is 3.17. The number of hydrogen-bond acceptors (Lipinski definition) is 1. The fraction of sp³-hybridized carbons (Fsp3) is 0.200. The van der Waals surface area contributed by atoms with Crippen LogP contribution in [0.4, 0.5) is 0 Å². The summed E-state index contributed by atoms with van der Waals surface area (Å²) in [7, 11) is 1.98. The van der Waals surface area contributed by atoms with Crippen molar-refractivity contribution in [3.8, 4) is 0 Å². The molecule has 0 heterocycles. The quantitative estimate of drug-likeness (QED) is 0.360. The van der Waals surface area contributed by atoms with E-state index in [1.165, 1.54) is 11.8 Å². The third-order valence-corrected chi connectivity index (χ3v) is 0.814. The van der Waals surface area contributed by atoms with Crippen LogP contribution in [0.5, 0.6) is 0 Å². The van der Waals surface area contributed by atoms with Gasteiger partial charge in [-0.1, -0.05) is 5.57 Å². The normalized spacial score (nSPS) is 13.0. The molecule has 0 aliphatic rings. The van der Waals surface area contributed by atoms with E-state index in [1.54, 1.807) is 0 Å². The second kappa shape index (κ2) is 3.53. The van der Waals surface area contributed by atoms with Crippen LogP contribution in [0, 0.1) is 0 Å². The summed E-state index contributed by atoms with van der Waals surface area (Å²) in [5.41, 5.74) is 6.28. The smallest absolute Gasteiger partial charge is 0.129 e. The Balaban J connectivity index is 3.58. The van der Waals surface area contributed by atoms with Gasteiger partial charge in [-0.05, 0) is 19.2 Å². The van der Waals surface area contributed by atoms with Gasteiger partial charge in [0.1, 0.15) is 7.85 Å². The molecule has 0 aromatic heterocycles. The lowest BCUT2D eigenvalue weighted by molar-refractivity contribution is 1.49. The van der Waals surface area contributed by atoms with Crippen molar-refractivity contribution in [3.05, 3.63) is 23.8 Å². The Bertz CT molecular complexity index is 94.3. The summed E-state index contributed by atoms with van der Waals surface area (Å²) in [6.45, 7) is 2.00. The van der Waals surface area contributed by atoms with Crippen LogP contribution in [0.15, 0.2) is 23.8 Å². The van der Waals surface area contributed by atoms with Crippen molar-refractivity contribution >= 4 is 7.85 Å². The number of nitrogens with two attached hydrogens (primary N) is 1. The molecule has 0 aromatic carbocycles. The minimum absolute atomic E-state index is 1.20. The summed E-state index contributed by atoms with van der Waals surface area (Å²) in [4.78, 5) is 0. The minimum Gasteiger partial charge on any atom is -0.405 e. The van der Waals surface area contributed by atoms with E-state index in [1.807, 2.05) is 26.8 Å². The van der Waals surface area contributed by atoms with Gasteiger partial charge in [-0.25, -0.2) is 0 Å². The molecule has 2 N–H and O–H groups in total. The van der Waals surface area contributed by atoms with Gasteiger partial charge in [0.25, 0.3) is 0 Å². The molecule has 0 aromatic rings. The van der Waals surface area contributed by atoms with E-state index in [0.717, 1.165) is 0 Å². The first-order chi connectivity index (χ1) is 3.31. The highest BCUT2D eigenvalue weighted by Crippen LogP contribution is 1.87. The molecule has 0 fully saturated rings. The van der Waals surface area contributed by atoms with E-state index in [-0.39, 0.29) is 0 Å². The van der Waals surface area contributed by atoms with Gasteiger partial charge in [-0.2, -0.15) is 0 Å². The average molecular weight is 95.0 g/mol. The Morgan fingerprint density at radius 2 is 2.29 bits per heavy atom. The fourth-order valence-electron chi connectivity index (χ4n) is 0.248. The van der Waals surface area contributed by atoms with Gasteiger partial charge >= 0.3 is 0 Å². The molecule has 0 aliphatic heterocycles. The highest BCUT2D eigenvalue weighted by atomic mass is 14.5. The van der Waals surface area contributed by atoms with Crippen LogP contribution in [0.25, 0.3) is 0 Å². The van der Waals surface area contributed by atoms with Crippen LogP contribution in [0.2, 0.25) is 0 Å². The van der Waals surface area contributed by atoms with Gasteiger partial charge in [0.2, 0.25) is 0 Å². The summed E-state index contributed by atoms with van der Waals surface area (Å²) in [6.07, 6.45) is 3.40. The van der Waals surface area contributed by atoms with E-state index >= 15 is 0 Å². The molecule has 0 bridgehead atoms. The second-order valence-corrected chi connectivity index (χ2v) is 1.39. The lowest BCUT2D eigenvalue weighted by Crippen LogP contribution is -1.76. The van der Waals surface area contributed by atoms with Gasteiger partial charge in [0.05, 0.1) is 0 Å². The SMILES string of the molecule is B/C=C(C)\C=C/N. The minimum atomic E-state index is 1.20. The highest BCUT2D eigenvalue weighted by molar-refractivity contribution is 6.17. The number of rotatable bonds is 1. The van der Waals surface area contributed by atoms with E-state index in [9.17, 15) is 0 Å². The van der Waals surface area contributed by atoms with Crippen LogP contribution in [-0.4, -0.2) is 7.85 Å². The van der Waals surface area contributed by atoms with E-state index in [4.69, 9.17) is 5.73 Å². The molecule has 0 saturated heterocycles. The summed E-state index contributed by atoms with van der Waals surface area (Å²) >= 11 is 0. The summed E-state index contributed by atoms with van der Waals surface area (Å²) in [5.74, 6) is 2.00. The molecule has 0 unspecified atom stereocenters. The Kier molecular flexibility index (Phi) is 3.20. The maximum absolute atomic E-state index is 5.08. The maximum Gasteiger partial charge on any atom is 0.129 e. The van der Waals surface area contributed by atoms with Gasteiger partial charge in [0.15, 0.2) is 0 Å². The van der Waals surface area contributed by atoms with Crippen LogP contribution >= 0.6 is 0 Å². The maximum atomic E-state index is 5.08. The molecule has 0 atom stereocenters. The van der Waals surface area contributed by atoms with Gasteiger partial charge in [-0.3, -0.25) is 0 Å².